The van der Waals surface area contributed by atoms with Gasteiger partial charge >= 0.3 is 0 Å². The van der Waals surface area contributed by atoms with Crippen LogP contribution in [0.15, 0.2) is 51.9 Å². The molecule has 1 aromatic heterocycles. The highest BCUT2D eigenvalue weighted by Gasteiger charge is 2.33. The van der Waals surface area contributed by atoms with Gasteiger partial charge in [0.05, 0.1) is 16.9 Å². The standard InChI is InChI=1S/C23H26FN3O4S/c1-15(2)30-21-11-10-20(13-16(21)3)32(28,29)27-12-4-5-18(14-27)23-25-22(26-31-23)17-6-8-19(24)9-7-17/h6-11,13,15,18H,4-5,12,14H2,1-3H3. The molecule has 3 aromatic rings. The summed E-state index contributed by atoms with van der Waals surface area (Å²) in [5, 5.41) is 3.99. The number of halogens is 1. The number of sulfonamides is 1. The molecule has 1 fully saturated rings. The van der Waals surface area contributed by atoms with Crippen LogP contribution in [-0.4, -0.2) is 42.1 Å². The number of ether oxygens (including phenoxy) is 1. The minimum absolute atomic E-state index is 0.00761. The van der Waals surface area contributed by atoms with Crippen LogP contribution in [0.25, 0.3) is 11.4 Å². The lowest BCUT2D eigenvalue weighted by Crippen LogP contribution is -2.39. The van der Waals surface area contributed by atoms with Crippen LogP contribution in [0.5, 0.6) is 5.75 Å². The second-order valence-corrected chi connectivity index (χ2v) is 10.2. The zero-order chi connectivity index (χ0) is 22.9. The molecular formula is C23H26FN3O4S. The first kappa shape index (κ1) is 22.4. The third-order valence-electron chi connectivity index (χ3n) is 5.42. The minimum atomic E-state index is -3.67. The number of benzene rings is 2. The van der Waals surface area contributed by atoms with E-state index in [0.717, 1.165) is 12.0 Å². The first-order chi connectivity index (χ1) is 15.2. The van der Waals surface area contributed by atoms with Crippen molar-refractivity contribution in [2.24, 2.45) is 0 Å². The molecule has 2 aromatic carbocycles. The zero-order valence-electron chi connectivity index (χ0n) is 18.3. The van der Waals surface area contributed by atoms with E-state index in [1.165, 1.54) is 16.4 Å². The van der Waals surface area contributed by atoms with Gasteiger partial charge in [0.25, 0.3) is 0 Å². The molecule has 0 spiro atoms. The first-order valence-corrected chi connectivity index (χ1v) is 12.0. The third-order valence-corrected chi connectivity index (χ3v) is 7.29. The summed E-state index contributed by atoms with van der Waals surface area (Å²) in [5.74, 6) is 0.876. The largest absolute Gasteiger partial charge is 0.491 e. The fourth-order valence-corrected chi connectivity index (χ4v) is 5.41. The Morgan fingerprint density at radius 1 is 1.19 bits per heavy atom. The monoisotopic (exact) mass is 459 g/mol. The van der Waals surface area contributed by atoms with E-state index in [4.69, 9.17) is 9.26 Å². The Kier molecular flexibility index (Phi) is 6.30. The average Bonchev–Trinajstić information content (AvgIpc) is 3.26. The number of aryl methyl sites for hydroxylation is 1. The van der Waals surface area contributed by atoms with Crippen LogP contribution in [0.4, 0.5) is 4.39 Å². The lowest BCUT2D eigenvalue weighted by Gasteiger charge is -2.30. The molecule has 2 heterocycles. The van der Waals surface area contributed by atoms with E-state index in [9.17, 15) is 12.8 Å². The lowest BCUT2D eigenvalue weighted by molar-refractivity contribution is 0.240. The number of piperidine rings is 1. The van der Waals surface area contributed by atoms with Crippen molar-refractivity contribution in [3.05, 3.63) is 59.7 Å². The molecule has 0 aliphatic carbocycles. The van der Waals surface area contributed by atoms with Crippen LogP contribution < -0.4 is 4.74 Å². The van der Waals surface area contributed by atoms with Crippen molar-refractivity contribution < 1.29 is 22.1 Å². The second kappa shape index (κ2) is 8.99. The highest BCUT2D eigenvalue weighted by atomic mass is 32.2. The van der Waals surface area contributed by atoms with Crippen molar-refractivity contribution in [1.82, 2.24) is 14.4 Å². The van der Waals surface area contributed by atoms with Gasteiger partial charge < -0.3 is 9.26 Å². The highest BCUT2D eigenvalue weighted by Crippen LogP contribution is 2.32. The molecule has 1 unspecified atom stereocenters. The van der Waals surface area contributed by atoms with Crippen LogP contribution >= 0.6 is 0 Å². The Bertz CT molecular complexity index is 1190. The molecule has 1 aliphatic heterocycles. The summed E-state index contributed by atoms with van der Waals surface area (Å²) >= 11 is 0. The van der Waals surface area contributed by atoms with Crippen molar-refractivity contribution in [3.8, 4) is 17.1 Å². The van der Waals surface area contributed by atoms with E-state index in [2.05, 4.69) is 10.1 Å². The number of hydrogen-bond donors (Lipinski definition) is 0. The number of nitrogens with zero attached hydrogens (tertiary/aromatic N) is 3. The minimum Gasteiger partial charge on any atom is -0.491 e. The predicted octanol–water partition coefficient (Wildman–Crippen LogP) is 4.54. The molecule has 0 N–H and O–H groups in total. The smallest absolute Gasteiger partial charge is 0.243 e. The topological polar surface area (TPSA) is 85.5 Å². The van der Waals surface area contributed by atoms with Gasteiger partial charge in [0, 0.05) is 18.7 Å². The van der Waals surface area contributed by atoms with Crippen molar-refractivity contribution >= 4 is 10.0 Å². The molecule has 7 nitrogen and oxygen atoms in total. The van der Waals surface area contributed by atoms with Crippen LogP contribution in [0.1, 0.15) is 44.1 Å². The van der Waals surface area contributed by atoms with Crippen LogP contribution in [0.3, 0.4) is 0 Å². The van der Waals surface area contributed by atoms with E-state index in [1.807, 2.05) is 20.8 Å². The van der Waals surface area contributed by atoms with Gasteiger partial charge in [0.2, 0.25) is 21.7 Å². The molecule has 0 amide bonds. The van der Waals surface area contributed by atoms with Crippen molar-refractivity contribution in [1.29, 1.82) is 0 Å². The number of hydrogen-bond acceptors (Lipinski definition) is 6. The van der Waals surface area contributed by atoms with E-state index in [1.54, 1.807) is 30.3 Å². The molecule has 0 saturated carbocycles. The molecule has 0 radical (unpaired) electrons. The fraction of sp³-hybridized carbons (Fsp3) is 0.391. The SMILES string of the molecule is Cc1cc(S(=O)(=O)N2CCCC(c3nc(-c4ccc(F)cc4)no3)C2)ccc1OC(C)C. The highest BCUT2D eigenvalue weighted by molar-refractivity contribution is 7.89. The van der Waals surface area contributed by atoms with Crippen LogP contribution in [-0.2, 0) is 10.0 Å². The third kappa shape index (κ3) is 4.68. The summed E-state index contributed by atoms with van der Waals surface area (Å²) in [6.45, 7) is 6.39. The zero-order valence-corrected chi connectivity index (χ0v) is 19.1. The summed E-state index contributed by atoms with van der Waals surface area (Å²) in [6, 6.07) is 10.8. The Hall–Kier alpha value is -2.78. The van der Waals surface area contributed by atoms with Gasteiger partial charge in [-0.25, -0.2) is 12.8 Å². The summed E-state index contributed by atoms with van der Waals surface area (Å²) in [4.78, 5) is 4.68. The number of aromatic nitrogens is 2. The Morgan fingerprint density at radius 2 is 1.94 bits per heavy atom. The molecule has 1 aliphatic rings. The predicted molar refractivity (Wildman–Crippen MR) is 117 cm³/mol. The maximum absolute atomic E-state index is 13.3. The van der Waals surface area contributed by atoms with Crippen LogP contribution in [0.2, 0.25) is 0 Å². The molecule has 1 saturated heterocycles. The van der Waals surface area contributed by atoms with E-state index in [0.29, 0.717) is 36.0 Å². The van der Waals surface area contributed by atoms with Gasteiger partial charge in [-0.2, -0.15) is 9.29 Å². The van der Waals surface area contributed by atoms with Gasteiger partial charge in [0.15, 0.2) is 0 Å². The Labute approximate surface area is 187 Å². The average molecular weight is 460 g/mol. The summed E-state index contributed by atoms with van der Waals surface area (Å²) < 4.78 is 52.4. The summed E-state index contributed by atoms with van der Waals surface area (Å²) in [6.07, 6.45) is 1.44. The van der Waals surface area contributed by atoms with Crippen LogP contribution in [0, 0.1) is 12.7 Å². The molecule has 32 heavy (non-hydrogen) atoms. The Balaban J connectivity index is 1.52. The van der Waals surface area contributed by atoms with Crippen molar-refractivity contribution in [3.63, 3.8) is 0 Å². The number of rotatable bonds is 6. The normalized spacial score (nSPS) is 17.6. The maximum atomic E-state index is 13.3. The molecule has 1 atom stereocenters. The molecule has 170 valence electrons. The molecule has 9 heteroatoms. The van der Waals surface area contributed by atoms with E-state index < -0.39 is 10.0 Å². The first-order valence-electron chi connectivity index (χ1n) is 10.6. The lowest BCUT2D eigenvalue weighted by atomic mass is 10.00. The van der Waals surface area contributed by atoms with Gasteiger partial charge in [0.1, 0.15) is 11.6 Å². The molecule has 0 bridgehead atoms. The fourth-order valence-electron chi connectivity index (χ4n) is 3.80. The maximum Gasteiger partial charge on any atom is 0.243 e. The van der Waals surface area contributed by atoms with Gasteiger partial charge in [-0.1, -0.05) is 5.16 Å². The van der Waals surface area contributed by atoms with Gasteiger partial charge in [-0.05, 0) is 81.6 Å². The van der Waals surface area contributed by atoms with Gasteiger partial charge in [-0.3, -0.25) is 0 Å². The Morgan fingerprint density at radius 3 is 2.62 bits per heavy atom. The molecular weight excluding hydrogens is 433 g/mol. The van der Waals surface area contributed by atoms with Crippen molar-refractivity contribution in [2.45, 2.75) is 50.5 Å². The van der Waals surface area contributed by atoms with E-state index in [-0.39, 0.29) is 29.3 Å². The quantitative estimate of drug-likeness (QED) is 0.538. The summed E-state index contributed by atoms with van der Waals surface area (Å²) in [7, 11) is -3.67. The molecule has 4 rings (SSSR count). The van der Waals surface area contributed by atoms with Gasteiger partial charge in [-0.15, -0.1) is 0 Å². The second-order valence-electron chi connectivity index (χ2n) is 8.26. The summed E-state index contributed by atoms with van der Waals surface area (Å²) in [5.41, 5.74) is 1.41. The van der Waals surface area contributed by atoms with Crippen molar-refractivity contribution in [2.75, 3.05) is 13.1 Å². The van der Waals surface area contributed by atoms with E-state index >= 15 is 0 Å².